The minimum Gasteiger partial charge on any atom is -0.493 e. The van der Waals surface area contributed by atoms with Gasteiger partial charge in [-0.15, -0.1) is 10.2 Å². The number of methoxy groups -OCH3 is 2. The minimum absolute atomic E-state index is 0.671. The van der Waals surface area contributed by atoms with Crippen LogP contribution >= 0.6 is 0 Å². The molecule has 0 aliphatic carbocycles. The van der Waals surface area contributed by atoms with Gasteiger partial charge in [-0.1, -0.05) is 48.0 Å². The average molecular weight is 409 g/mol. The fraction of sp³-hybridized carbons (Fsp3) is 0.154. The molecule has 0 saturated carbocycles. The maximum Gasteiger partial charge on any atom is 0.161 e. The quantitative estimate of drug-likeness (QED) is 0.380. The molecule has 3 aromatic rings. The predicted molar refractivity (Wildman–Crippen MR) is 123 cm³/mol. The molecule has 5 rings (SSSR count). The number of aryl methyl sites for hydroxylation is 1. The zero-order valence-corrected chi connectivity index (χ0v) is 17.8. The van der Waals surface area contributed by atoms with Crippen LogP contribution < -0.4 is 9.47 Å². The molecule has 0 atom stereocenters. The molecule has 0 fully saturated rings. The number of fused-ring (bicyclic) bond motifs is 3. The summed E-state index contributed by atoms with van der Waals surface area (Å²) in [6.45, 7) is 2.88. The average Bonchev–Trinajstić information content (AvgIpc) is 3.24. The van der Waals surface area contributed by atoms with Gasteiger partial charge in [-0.2, -0.15) is 0 Å². The van der Waals surface area contributed by atoms with Crippen LogP contribution in [0, 0.1) is 6.92 Å². The van der Waals surface area contributed by atoms with Crippen LogP contribution in [0.1, 0.15) is 11.1 Å². The molecule has 2 heterocycles. The molecule has 31 heavy (non-hydrogen) atoms. The molecule has 5 nitrogen and oxygen atoms in total. The second kappa shape index (κ2) is 7.76. The van der Waals surface area contributed by atoms with Crippen molar-refractivity contribution in [2.75, 3.05) is 14.2 Å². The third kappa shape index (κ3) is 3.38. The van der Waals surface area contributed by atoms with E-state index in [2.05, 4.69) is 70.3 Å². The van der Waals surface area contributed by atoms with Crippen molar-refractivity contribution in [2.24, 2.45) is 0 Å². The van der Waals surface area contributed by atoms with Crippen LogP contribution in [0.2, 0.25) is 0 Å². The van der Waals surface area contributed by atoms with E-state index in [1.54, 1.807) is 14.2 Å². The summed E-state index contributed by atoms with van der Waals surface area (Å²) in [5.41, 5.74) is 7.33. The van der Waals surface area contributed by atoms with Crippen molar-refractivity contribution in [1.29, 1.82) is 0 Å². The second-order valence-corrected chi connectivity index (χ2v) is 7.64. The van der Waals surface area contributed by atoms with Crippen molar-refractivity contribution in [3.63, 3.8) is 0 Å². The molecule has 0 aromatic heterocycles. The van der Waals surface area contributed by atoms with Crippen LogP contribution in [-0.4, -0.2) is 29.0 Å². The highest BCUT2D eigenvalue weighted by atomic mass is 16.5. The molecule has 0 bridgehead atoms. The van der Waals surface area contributed by atoms with E-state index >= 15 is 0 Å². The van der Waals surface area contributed by atoms with E-state index in [-0.39, 0.29) is 0 Å². The Morgan fingerprint density at radius 1 is 0.806 bits per heavy atom. The van der Waals surface area contributed by atoms with Crippen LogP contribution in [0.25, 0.3) is 33.4 Å². The Morgan fingerprint density at radius 2 is 1.55 bits per heavy atom. The van der Waals surface area contributed by atoms with Gasteiger partial charge in [0.25, 0.3) is 0 Å². The van der Waals surface area contributed by atoms with Gasteiger partial charge in [-0.3, -0.25) is 0 Å². The molecular weight excluding hydrogens is 386 g/mol. The van der Waals surface area contributed by atoms with Crippen molar-refractivity contribution in [3.8, 4) is 34.0 Å². The SMILES string of the molecule is COc1ccc(-c2nnc3c4ccccc4n(Cc4ccc(C)cc4)cc2-3)cc1OC. The number of hydrogen-bond donors (Lipinski definition) is 0. The number of aromatic nitrogens is 3. The van der Waals surface area contributed by atoms with Crippen molar-refractivity contribution < 1.29 is 9.47 Å². The Balaban J connectivity index is 1.68. The summed E-state index contributed by atoms with van der Waals surface area (Å²) < 4.78 is 13.1. The zero-order valence-electron chi connectivity index (χ0n) is 17.8. The first-order chi connectivity index (χ1) is 15.2. The Kier molecular flexibility index (Phi) is 4.79. The maximum absolute atomic E-state index is 5.49. The van der Waals surface area contributed by atoms with E-state index in [0.717, 1.165) is 40.0 Å². The van der Waals surface area contributed by atoms with Gasteiger partial charge in [0.1, 0.15) is 11.4 Å². The normalized spacial score (nSPS) is 11.2. The number of hydrogen-bond acceptors (Lipinski definition) is 4. The predicted octanol–water partition coefficient (Wildman–Crippen LogP) is 5.58. The highest BCUT2D eigenvalue weighted by Crippen LogP contribution is 2.39. The molecule has 2 aliphatic rings. The molecule has 154 valence electrons. The highest BCUT2D eigenvalue weighted by Gasteiger charge is 2.21. The number of ether oxygens (including phenoxy) is 2. The largest absolute Gasteiger partial charge is 0.493 e. The third-order valence-electron chi connectivity index (χ3n) is 5.64. The lowest BCUT2D eigenvalue weighted by Crippen LogP contribution is -2.04. The molecule has 0 radical (unpaired) electrons. The van der Waals surface area contributed by atoms with E-state index in [4.69, 9.17) is 9.47 Å². The first kappa shape index (κ1) is 19.1. The van der Waals surface area contributed by atoms with Crippen LogP contribution in [0.5, 0.6) is 11.5 Å². The van der Waals surface area contributed by atoms with Gasteiger partial charge in [0.15, 0.2) is 11.5 Å². The summed E-state index contributed by atoms with van der Waals surface area (Å²) in [4.78, 5) is 0. The van der Waals surface area contributed by atoms with E-state index in [0.29, 0.717) is 11.5 Å². The lowest BCUT2D eigenvalue weighted by Gasteiger charge is -2.15. The van der Waals surface area contributed by atoms with Crippen LogP contribution in [0.15, 0.2) is 72.9 Å². The van der Waals surface area contributed by atoms with E-state index in [9.17, 15) is 0 Å². The minimum atomic E-state index is 0.671. The van der Waals surface area contributed by atoms with E-state index < -0.39 is 0 Å². The summed E-state index contributed by atoms with van der Waals surface area (Å²) >= 11 is 0. The molecule has 0 spiro atoms. The van der Waals surface area contributed by atoms with Gasteiger partial charge >= 0.3 is 0 Å². The standard InChI is InChI=1S/C26H23N3O2/c1-17-8-10-18(11-9-17)15-29-16-21-25(19-12-13-23(30-2)24(14-19)31-3)27-28-26(21)20-6-4-5-7-22(20)29/h4-14,16H,15H2,1-3H3. The van der Waals surface area contributed by atoms with Crippen molar-refractivity contribution in [1.82, 2.24) is 14.8 Å². The van der Waals surface area contributed by atoms with Crippen molar-refractivity contribution in [3.05, 3.63) is 84.1 Å². The summed E-state index contributed by atoms with van der Waals surface area (Å²) in [6, 6.07) is 22.8. The first-order valence-corrected chi connectivity index (χ1v) is 10.2. The van der Waals surface area contributed by atoms with Gasteiger partial charge in [0, 0.05) is 29.3 Å². The zero-order chi connectivity index (χ0) is 21.4. The van der Waals surface area contributed by atoms with Gasteiger partial charge in [-0.25, -0.2) is 0 Å². The maximum atomic E-state index is 5.49. The first-order valence-electron chi connectivity index (χ1n) is 10.2. The Bertz CT molecular complexity index is 1340. The highest BCUT2D eigenvalue weighted by molar-refractivity contribution is 5.98. The number of benzene rings is 3. The Hall–Kier alpha value is -3.86. The monoisotopic (exact) mass is 409 g/mol. The number of para-hydroxylation sites is 1. The molecule has 5 heteroatoms. The lowest BCUT2D eigenvalue weighted by atomic mass is 10.0. The van der Waals surface area contributed by atoms with Crippen LogP contribution in [0.4, 0.5) is 0 Å². The molecular formula is C26H23N3O2. The summed E-state index contributed by atoms with van der Waals surface area (Å²) in [6.07, 6.45) is 2.16. The molecule has 0 N–H and O–H groups in total. The molecule has 0 amide bonds. The fourth-order valence-corrected chi connectivity index (χ4v) is 4.01. The van der Waals surface area contributed by atoms with Gasteiger partial charge in [0.05, 0.1) is 19.7 Å². The van der Waals surface area contributed by atoms with E-state index in [1.807, 2.05) is 24.3 Å². The van der Waals surface area contributed by atoms with Gasteiger partial charge in [0.2, 0.25) is 0 Å². The van der Waals surface area contributed by atoms with Gasteiger partial charge < -0.3 is 14.0 Å². The Labute approximate surface area is 181 Å². The van der Waals surface area contributed by atoms with Crippen LogP contribution in [-0.2, 0) is 6.54 Å². The smallest absolute Gasteiger partial charge is 0.161 e. The topological polar surface area (TPSA) is 49.2 Å². The summed E-state index contributed by atoms with van der Waals surface area (Å²) in [7, 11) is 3.27. The molecule has 2 aliphatic heterocycles. The number of nitrogens with zero attached hydrogens (tertiary/aromatic N) is 3. The lowest BCUT2D eigenvalue weighted by molar-refractivity contribution is 0.355. The molecule has 0 unspecified atom stereocenters. The fourth-order valence-electron chi connectivity index (χ4n) is 4.01. The van der Waals surface area contributed by atoms with E-state index in [1.165, 1.54) is 11.1 Å². The third-order valence-corrected chi connectivity index (χ3v) is 5.64. The Morgan fingerprint density at radius 3 is 2.32 bits per heavy atom. The van der Waals surface area contributed by atoms with Gasteiger partial charge in [-0.05, 0) is 36.8 Å². The summed E-state index contributed by atoms with van der Waals surface area (Å²) in [5, 5.41) is 10.2. The molecule has 0 saturated heterocycles. The number of pyridine rings is 1. The molecule has 3 aromatic carbocycles. The second-order valence-electron chi connectivity index (χ2n) is 7.64. The van der Waals surface area contributed by atoms with Crippen molar-refractivity contribution >= 4 is 10.9 Å². The van der Waals surface area contributed by atoms with Crippen LogP contribution in [0.3, 0.4) is 0 Å². The number of rotatable bonds is 5. The summed E-state index contributed by atoms with van der Waals surface area (Å²) in [5.74, 6) is 1.36. The van der Waals surface area contributed by atoms with Crippen molar-refractivity contribution in [2.45, 2.75) is 13.5 Å².